The number of hydrogen-bond donors (Lipinski definition) is 1. The van der Waals surface area contributed by atoms with Crippen LogP contribution in [0.15, 0.2) is 65.8 Å². The summed E-state index contributed by atoms with van der Waals surface area (Å²) in [6.07, 6.45) is 5.33. The molecular weight excluding hydrogens is 288 g/mol. The first kappa shape index (κ1) is 16.5. The topological polar surface area (TPSA) is 50.7 Å². The highest BCUT2D eigenvalue weighted by Crippen LogP contribution is 2.13. The minimum absolute atomic E-state index is 0.107. The summed E-state index contributed by atoms with van der Waals surface area (Å²) in [5, 5.41) is 3.89. The van der Waals surface area contributed by atoms with Crippen molar-refractivity contribution in [2.45, 2.75) is 20.0 Å². The van der Waals surface area contributed by atoms with Crippen LogP contribution in [0.2, 0.25) is 0 Å². The van der Waals surface area contributed by atoms with E-state index in [1.54, 1.807) is 36.6 Å². The number of nitrogens with one attached hydrogen (secondary N) is 1. The first-order valence-electron chi connectivity index (χ1n) is 7.47. The van der Waals surface area contributed by atoms with Crippen LogP contribution in [-0.4, -0.2) is 18.2 Å². The van der Waals surface area contributed by atoms with Crippen molar-refractivity contribution < 1.29 is 9.53 Å². The summed E-state index contributed by atoms with van der Waals surface area (Å²) in [6.45, 7) is 3.91. The molecule has 23 heavy (non-hydrogen) atoms. The normalized spacial score (nSPS) is 11.3. The molecule has 1 amide bonds. The van der Waals surface area contributed by atoms with Crippen LogP contribution in [0.25, 0.3) is 6.08 Å². The smallest absolute Gasteiger partial charge is 0.271 e. The average Bonchev–Trinajstić information content (AvgIpc) is 2.55. The van der Waals surface area contributed by atoms with Crippen LogP contribution in [0.5, 0.6) is 5.75 Å². The van der Waals surface area contributed by atoms with Gasteiger partial charge in [-0.3, -0.25) is 4.79 Å². The quantitative estimate of drug-likeness (QED) is 0.650. The van der Waals surface area contributed by atoms with Crippen molar-refractivity contribution in [1.82, 2.24) is 5.43 Å². The number of nitrogens with zero attached hydrogens (tertiary/aromatic N) is 1. The largest absolute Gasteiger partial charge is 0.491 e. The van der Waals surface area contributed by atoms with Crippen molar-refractivity contribution in [3.05, 3.63) is 71.8 Å². The molecule has 0 saturated carbocycles. The molecule has 0 aromatic heterocycles. The van der Waals surface area contributed by atoms with Crippen molar-refractivity contribution in [2.24, 2.45) is 5.10 Å². The highest BCUT2D eigenvalue weighted by atomic mass is 16.5. The molecule has 0 saturated heterocycles. The number of amides is 1. The van der Waals surface area contributed by atoms with Crippen molar-refractivity contribution in [2.75, 3.05) is 0 Å². The summed E-state index contributed by atoms with van der Waals surface area (Å²) in [6, 6.07) is 16.8. The van der Waals surface area contributed by atoms with Crippen LogP contribution in [0.1, 0.15) is 29.8 Å². The lowest BCUT2D eigenvalue weighted by Gasteiger charge is -2.09. The molecule has 4 nitrogen and oxygen atoms in total. The monoisotopic (exact) mass is 308 g/mol. The predicted molar refractivity (Wildman–Crippen MR) is 93.6 cm³/mol. The SMILES string of the molecule is CC(C)Oc1ccc(C(=O)N/N=C\C=C\c2ccccc2)cc1. The number of benzene rings is 2. The fourth-order valence-corrected chi connectivity index (χ4v) is 1.88. The van der Waals surface area contributed by atoms with E-state index >= 15 is 0 Å². The average molecular weight is 308 g/mol. The van der Waals surface area contributed by atoms with Gasteiger partial charge in [0.05, 0.1) is 6.10 Å². The fourth-order valence-electron chi connectivity index (χ4n) is 1.88. The lowest BCUT2D eigenvalue weighted by Crippen LogP contribution is -2.17. The molecule has 0 heterocycles. The Balaban J connectivity index is 1.84. The van der Waals surface area contributed by atoms with E-state index in [4.69, 9.17) is 4.74 Å². The first-order valence-corrected chi connectivity index (χ1v) is 7.47. The third-order valence-corrected chi connectivity index (χ3v) is 2.90. The van der Waals surface area contributed by atoms with Gasteiger partial charge in [0.15, 0.2) is 0 Å². The maximum absolute atomic E-state index is 11.9. The van der Waals surface area contributed by atoms with Crippen LogP contribution in [-0.2, 0) is 0 Å². The standard InChI is InChI=1S/C19H20N2O2/c1-15(2)23-18-12-10-17(11-13-18)19(22)21-20-14-6-9-16-7-4-3-5-8-16/h3-15H,1-2H3,(H,21,22)/b9-6+,20-14-. The van der Waals surface area contributed by atoms with Crippen LogP contribution in [0.3, 0.4) is 0 Å². The third kappa shape index (κ3) is 5.79. The van der Waals surface area contributed by atoms with Gasteiger partial charge in [-0.25, -0.2) is 5.43 Å². The van der Waals surface area contributed by atoms with Gasteiger partial charge >= 0.3 is 0 Å². The summed E-state index contributed by atoms with van der Waals surface area (Å²) < 4.78 is 5.53. The molecule has 0 spiro atoms. The maximum atomic E-state index is 11.9. The number of hydrogen-bond acceptors (Lipinski definition) is 3. The minimum Gasteiger partial charge on any atom is -0.491 e. The Hall–Kier alpha value is -2.88. The minimum atomic E-state index is -0.259. The predicted octanol–water partition coefficient (Wildman–Crippen LogP) is 3.90. The Labute approximate surface area is 136 Å². The summed E-state index contributed by atoms with van der Waals surface area (Å²) >= 11 is 0. The molecule has 0 atom stereocenters. The van der Waals surface area contributed by atoms with E-state index < -0.39 is 0 Å². The summed E-state index contributed by atoms with van der Waals surface area (Å²) in [5.41, 5.74) is 4.09. The summed E-state index contributed by atoms with van der Waals surface area (Å²) in [4.78, 5) is 11.9. The zero-order chi connectivity index (χ0) is 16.5. The molecule has 0 unspecified atom stereocenters. The number of carbonyl (C=O) groups excluding carboxylic acids is 1. The van der Waals surface area contributed by atoms with Crippen molar-refractivity contribution in [3.8, 4) is 5.75 Å². The molecule has 0 radical (unpaired) electrons. The Morgan fingerprint density at radius 2 is 1.78 bits per heavy atom. The van der Waals surface area contributed by atoms with Gasteiger partial charge in [0.1, 0.15) is 5.75 Å². The summed E-state index contributed by atoms with van der Waals surface area (Å²) in [7, 11) is 0. The molecule has 4 heteroatoms. The second-order valence-corrected chi connectivity index (χ2v) is 5.18. The maximum Gasteiger partial charge on any atom is 0.271 e. The van der Waals surface area contributed by atoms with Gasteiger partial charge in [-0.05, 0) is 49.8 Å². The fraction of sp³-hybridized carbons (Fsp3) is 0.158. The van der Waals surface area contributed by atoms with Gasteiger partial charge in [0, 0.05) is 11.8 Å². The molecule has 0 aliphatic rings. The van der Waals surface area contributed by atoms with Gasteiger partial charge in [-0.2, -0.15) is 5.10 Å². The molecule has 2 aromatic rings. The molecule has 0 aliphatic carbocycles. The number of hydrazone groups is 1. The Bertz CT molecular complexity index is 674. The van der Waals surface area contributed by atoms with Gasteiger partial charge < -0.3 is 4.74 Å². The van der Waals surface area contributed by atoms with Gasteiger partial charge in [-0.1, -0.05) is 36.4 Å². The molecule has 0 fully saturated rings. The number of carbonyl (C=O) groups is 1. The van der Waals surface area contributed by atoms with Crippen molar-refractivity contribution >= 4 is 18.2 Å². The molecule has 2 aromatic carbocycles. The van der Waals surface area contributed by atoms with E-state index in [1.807, 2.05) is 50.3 Å². The highest BCUT2D eigenvalue weighted by molar-refractivity contribution is 5.94. The molecular formula is C19H20N2O2. The lowest BCUT2D eigenvalue weighted by atomic mass is 10.2. The van der Waals surface area contributed by atoms with Crippen molar-refractivity contribution in [1.29, 1.82) is 0 Å². The molecule has 0 bridgehead atoms. The zero-order valence-electron chi connectivity index (χ0n) is 13.3. The van der Waals surface area contributed by atoms with Gasteiger partial charge in [0.2, 0.25) is 0 Å². The first-order chi connectivity index (χ1) is 11.1. The van der Waals surface area contributed by atoms with E-state index in [0.717, 1.165) is 11.3 Å². The number of rotatable bonds is 6. The van der Waals surface area contributed by atoms with Gasteiger partial charge in [0.25, 0.3) is 5.91 Å². The molecule has 2 rings (SSSR count). The highest BCUT2D eigenvalue weighted by Gasteiger charge is 2.04. The molecule has 0 aliphatic heterocycles. The van der Waals surface area contributed by atoms with E-state index in [0.29, 0.717) is 5.56 Å². The van der Waals surface area contributed by atoms with E-state index in [2.05, 4.69) is 10.5 Å². The zero-order valence-corrected chi connectivity index (χ0v) is 13.3. The molecule has 118 valence electrons. The van der Waals surface area contributed by atoms with Crippen LogP contribution < -0.4 is 10.2 Å². The van der Waals surface area contributed by atoms with E-state index in [1.165, 1.54) is 0 Å². The van der Waals surface area contributed by atoms with Crippen LogP contribution in [0, 0.1) is 0 Å². The summed E-state index contributed by atoms with van der Waals surface area (Å²) in [5.74, 6) is 0.483. The second kappa shape index (κ2) is 8.54. The Kier molecular flexibility index (Phi) is 6.12. The Morgan fingerprint density at radius 1 is 1.09 bits per heavy atom. The van der Waals surface area contributed by atoms with Crippen molar-refractivity contribution in [3.63, 3.8) is 0 Å². The lowest BCUT2D eigenvalue weighted by molar-refractivity contribution is 0.0955. The van der Waals surface area contributed by atoms with E-state index in [9.17, 15) is 4.79 Å². The van der Waals surface area contributed by atoms with Crippen LogP contribution >= 0.6 is 0 Å². The number of allylic oxidation sites excluding steroid dienone is 1. The second-order valence-electron chi connectivity index (χ2n) is 5.18. The van der Waals surface area contributed by atoms with Gasteiger partial charge in [-0.15, -0.1) is 0 Å². The third-order valence-electron chi connectivity index (χ3n) is 2.90. The Morgan fingerprint density at radius 3 is 2.43 bits per heavy atom. The van der Waals surface area contributed by atoms with Crippen LogP contribution in [0.4, 0.5) is 0 Å². The number of ether oxygens (including phenoxy) is 1. The van der Waals surface area contributed by atoms with E-state index in [-0.39, 0.29) is 12.0 Å². The molecule has 1 N–H and O–H groups in total.